The van der Waals surface area contributed by atoms with Gasteiger partial charge in [0, 0.05) is 12.5 Å². The lowest BCUT2D eigenvalue weighted by Gasteiger charge is -2.15. The van der Waals surface area contributed by atoms with E-state index in [4.69, 9.17) is 4.74 Å². The van der Waals surface area contributed by atoms with Gasteiger partial charge in [-0.05, 0) is 51.1 Å². The summed E-state index contributed by atoms with van der Waals surface area (Å²) in [5.41, 5.74) is 7.33. The predicted octanol–water partition coefficient (Wildman–Crippen LogP) is 6.09. The second-order valence-corrected chi connectivity index (χ2v) is 8.22. The van der Waals surface area contributed by atoms with Crippen LogP contribution in [0, 0.1) is 0 Å². The molecule has 0 bridgehead atoms. The Hall–Kier alpha value is -4.38. The van der Waals surface area contributed by atoms with Crippen LogP contribution >= 0.6 is 0 Å². The number of hydrogen-bond acceptors (Lipinski definition) is 3. The summed E-state index contributed by atoms with van der Waals surface area (Å²) in [6.07, 6.45) is -0.511. The standard InChI is InChI=1S/C29H23NO4/c31-28(32)20-14-15-21(26(16-20)19-8-2-1-3-9-19)17-30-29(33)34-18-27-24-12-6-4-10-22(24)23-11-5-7-13-25(23)27/h1-16,27H,17-18H2,(H,30,33)(H,31,32). The van der Waals surface area contributed by atoms with E-state index in [2.05, 4.69) is 29.6 Å². The number of amides is 1. The van der Waals surface area contributed by atoms with Crippen LogP contribution in [0.4, 0.5) is 4.79 Å². The number of ether oxygens (including phenoxy) is 1. The Morgan fingerprint density at radius 1 is 0.765 bits per heavy atom. The summed E-state index contributed by atoms with van der Waals surface area (Å²) in [5, 5.41) is 12.2. The van der Waals surface area contributed by atoms with Gasteiger partial charge in [0.2, 0.25) is 0 Å². The number of nitrogens with one attached hydrogen (secondary N) is 1. The normalized spacial score (nSPS) is 12.0. The largest absolute Gasteiger partial charge is 0.478 e. The number of carbonyl (C=O) groups excluding carboxylic acids is 1. The highest BCUT2D eigenvalue weighted by Gasteiger charge is 2.29. The first-order valence-corrected chi connectivity index (χ1v) is 11.1. The molecule has 2 N–H and O–H groups in total. The molecule has 0 fully saturated rings. The van der Waals surface area contributed by atoms with Crippen LogP contribution in [0.5, 0.6) is 0 Å². The number of fused-ring (bicyclic) bond motifs is 3. The first-order chi connectivity index (χ1) is 16.6. The Morgan fingerprint density at radius 2 is 1.38 bits per heavy atom. The van der Waals surface area contributed by atoms with Gasteiger partial charge in [-0.15, -0.1) is 0 Å². The summed E-state index contributed by atoms with van der Waals surface area (Å²) in [6.45, 7) is 0.462. The topological polar surface area (TPSA) is 75.6 Å². The van der Waals surface area contributed by atoms with Crippen LogP contribution < -0.4 is 5.32 Å². The molecule has 5 nitrogen and oxygen atoms in total. The van der Waals surface area contributed by atoms with E-state index in [-0.39, 0.29) is 24.6 Å². The van der Waals surface area contributed by atoms with Gasteiger partial charge in [0.05, 0.1) is 5.56 Å². The fraction of sp³-hybridized carbons (Fsp3) is 0.103. The third-order valence-corrected chi connectivity index (χ3v) is 6.21. The Bertz CT molecular complexity index is 1320. The van der Waals surface area contributed by atoms with Crippen LogP contribution in [0.1, 0.15) is 33.0 Å². The van der Waals surface area contributed by atoms with Gasteiger partial charge in [0.15, 0.2) is 0 Å². The lowest BCUT2D eigenvalue weighted by molar-refractivity contribution is 0.0696. The number of aromatic carboxylic acids is 1. The average Bonchev–Trinajstić information content (AvgIpc) is 3.20. The fourth-order valence-corrected chi connectivity index (χ4v) is 4.57. The van der Waals surface area contributed by atoms with Gasteiger partial charge >= 0.3 is 12.1 Å². The van der Waals surface area contributed by atoms with E-state index >= 15 is 0 Å². The molecular weight excluding hydrogens is 426 g/mol. The van der Waals surface area contributed by atoms with Crippen molar-refractivity contribution in [3.63, 3.8) is 0 Å². The Morgan fingerprint density at radius 3 is 2.03 bits per heavy atom. The lowest BCUT2D eigenvalue weighted by atomic mass is 9.97. The monoisotopic (exact) mass is 449 g/mol. The maximum Gasteiger partial charge on any atom is 0.407 e. The molecule has 0 aromatic heterocycles. The summed E-state index contributed by atoms with van der Waals surface area (Å²) in [7, 11) is 0. The van der Waals surface area contributed by atoms with Crippen LogP contribution in [0.25, 0.3) is 22.3 Å². The number of carboxylic acid groups (broad SMARTS) is 1. The molecule has 0 saturated heterocycles. The maximum atomic E-state index is 12.6. The van der Waals surface area contributed by atoms with Gasteiger partial charge in [0.1, 0.15) is 6.61 Å². The molecule has 0 aliphatic heterocycles. The number of hydrogen-bond donors (Lipinski definition) is 2. The number of carbonyl (C=O) groups is 2. The second-order valence-electron chi connectivity index (χ2n) is 8.22. The Kier molecular flexibility index (Phi) is 5.83. The Labute approximate surface area is 197 Å². The first-order valence-electron chi connectivity index (χ1n) is 11.1. The van der Waals surface area contributed by atoms with Crippen LogP contribution in [-0.2, 0) is 11.3 Å². The molecule has 0 radical (unpaired) electrons. The molecule has 4 aromatic carbocycles. The van der Waals surface area contributed by atoms with Gasteiger partial charge in [-0.2, -0.15) is 0 Å². The van der Waals surface area contributed by atoms with Gasteiger partial charge < -0.3 is 15.2 Å². The highest BCUT2D eigenvalue weighted by Crippen LogP contribution is 2.44. The predicted molar refractivity (Wildman–Crippen MR) is 131 cm³/mol. The summed E-state index contributed by atoms with van der Waals surface area (Å²) >= 11 is 0. The maximum absolute atomic E-state index is 12.6. The van der Waals surface area contributed by atoms with Crippen molar-refractivity contribution in [3.8, 4) is 22.3 Å². The van der Waals surface area contributed by atoms with Gasteiger partial charge in [-0.3, -0.25) is 0 Å². The minimum atomic E-state index is -0.992. The van der Waals surface area contributed by atoms with Crippen LogP contribution in [0.2, 0.25) is 0 Å². The van der Waals surface area contributed by atoms with E-state index in [0.29, 0.717) is 0 Å². The van der Waals surface area contributed by atoms with Crippen molar-refractivity contribution < 1.29 is 19.4 Å². The molecule has 0 saturated carbocycles. The molecule has 1 aliphatic rings. The molecule has 0 atom stereocenters. The van der Waals surface area contributed by atoms with E-state index in [1.54, 1.807) is 18.2 Å². The zero-order valence-corrected chi connectivity index (χ0v) is 18.4. The first kappa shape index (κ1) is 21.5. The molecule has 0 heterocycles. The van der Waals surface area contributed by atoms with E-state index in [1.807, 2.05) is 54.6 Å². The van der Waals surface area contributed by atoms with E-state index in [1.165, 1.54) is 11.1 Å². The Balaban J connectivity index is 1.29. The van der Waals surface area contributed by atoms with Crippen molar-refractivity contribution >= 4 is 12.1 Å². The number of alkyl carbamates (subject to hydrolysis) is 1. The zero-order chi connectivity index (χ0) is 23.5. The van der Waals surface area contributed by atoms with Crippen LogP contribution in [0.15, 0.2) is 97.1 Å². The average molecular weight is 450 g/mol. The molecule has 34 heavy (non-hydrogen) atoms. The molecule has 1 amide bonds. The summed E-state index contributed by atoms with van der Waals surface area (Å²) in [6, 6.07) is 30.8. The van der Waals surface area contributed by atoms with E-state index in [0.717, 1.165) is 27.8 Å². The third-order valence-electron chi connectivity index (χ3n) is 6.21. The summed E-state index contributed by atoms with van der Waals surface area (Å²) < 4.78 is 5.62. The van der Waals surface area contributed by atoms with Crippen molar-refractivity contribution in [2.75, 3.05) is 6.61 Å². The number of benzene rings is 4. The summed E-state index contributed by atoms with van der Waals surface area (Å²) in [4.78, 5) is 24.1. The zero-order valence-electron chi connectivity index (χ0n) is 18.4. The van der Waals surface area contributed by atoms with Gasteiger partial charge in [-0.25, -0.2) is 9.59 Å². The number of carboxylic acids is 1. The smallest absolute Gasteiger partial charge is 0.407 e. The third kappa shape index (κ3) is 4.16. The van der Waals surface area contributed by atoms with E-state index in [9.17, 15) is 14.7 Å². The number of rotatable bonds is 6. The van der Waals surface area contributed by atoms with Crippen LogP contribution in [0.3, 0.4) is 0 Å². The highest BCUT2D eigenvalue weighted by molar-refractivity contribution is 5.90. The van der Waals surface area contributed by atoms with Crippen molar-refractivity contribution in [1.29, 1.82) is 0 Å². The molecule has 5 rings (SSSR count). The molecule has 1 aliphatic carbocycles. The molecule has 0 unspecified atom stereocenters. The minimum absolute atomic E-state index is 0.00659. The van der Waals surface area contributed by atoms with Crippen molar-refractivity contribution in [2.24, 2.45) is 0 Å². The minimum Gasteiger partial charge on any atom is -0.478 e. The molecule has 5 heteroatoms. The SMILES string of the molecule is O=C(NCc1ccc(C(=O)O)cc1-c1ccccc1)OCC1c2ccccc2-c2ccccc21. The van der Waals surface area contributed by atoms with Crippen molar-refractivity contribution in [2.45, 2.75) is 12.5 Å². The van der Waals surface area contributed by atoms with Crippen molar-refractivity contribution in [3.05, 3.63) is 119 Å². The van der Waals surface area contributed by atoms with Gasteiger partial charge in [-0.1, -0.05) is 84.9 Å². The van der Waals surface area contributed by atoms with E-state index < -0.39 is 12.1 Å². The lowest BCUT2D eigenvalue weighted by Crippen LogP contribution is -2.26. The summed E-state index contributed by atoms with van der Waals surface area (Å²) in [5.74, 6) is -0.999. The molecule has 0 spiro atoms. The quantitative estimate of drug-likeness (QED) is 0.373. The van der Waals surface area contributed by atoms with Crippen molar-refractivity contribution in [1.82, 2.24) is 5.32 Å². The molecule has 4 aromatic rings. The van der Waals surface area contributed by atoms with Gasteiger partial charge in [0.25, 0.3) is 0 Å². The highest BCUT2D eigenvalue weighted by atomic mass is 16.5. The molecular formula is C29H23NO4. The second kappa shape index (κ2) is 9.24. The fourth-order valence-electron chi connectivity index (χ4n) is 4.57. The molecule has 168 valence electrons. The van der Waals surface area contributed by atoms with Crippen LogP contribution in [-0.4, -0.2) is 23.8 Å².